The van der Waals surface area contributed by atoms with E-state index in [0.717, 1.165) is 31.6 Å². The largest absolute Gasteiger partial charge is 0.350 e. The molecule has 0 aromatic carbocycles. The monoisotopic (exact) mass is 289 g/mol. The number of anilines is 1. The Morgan fingerprint density at radius 3 is 2.80 bits per heavy atom. The summed E-state index contributed by atoms with van der Waals surface area (Å²) in [5, 5.41) is 3.95. The van der Waals surface area contributed by atoms with Crippen LogP contribution in [-0.4, -0.2) is 39.0 Å². The minimum Gasteiger partial charge on any atom is -0.350 e. The molecule has 1 unspecified atom stereocenters. The first-order valence-corrected chi connectivity index (χ1v) is 7.04. The van der Waals surface area contributed by atoms with E-state index in [1.807, 2.05) is 18.2 Å². The molecule has 2 aromatic rings. The maximum absolute atomic E-state index is 6.10. The Labute approximate surface area is 123 Å². The third-order valence-corrected chi connectivity index (χ3v) is 3.74. The zero-order chi connectivity index (χ0) is 13.8. The SMILES string of the molecule is Clc1ncccc1CN1CCC(Nc2ncccn2)C1. The van der Waals surface area contributed by atoms with Gasteiger partial charge < -0.3 is 5.32 Å². The van der Waals surface area contributed by atoms with Gasteiger partial charge in [-0.2, -0.15) is 0 Å². The summed E-state index contributed by atoms with van der Waals surface area (Å²) < 4.78 is 0. The zero-order valence-electron chi connectivity index (χ0n) is 11.0. The molecule has 0 aliphatic carbocycles. The van der Waals surface area contributed by atoms with Crippen LogP contribution in [0.15, 0.2) is 36.8 Å². The van der Waals surface area contributed by atoms with Crippen molar-refractivity contribution >= 4 is 17.5 Å². The molecule has 104 valence electrons. The van der Waals surface area contributed by atoms with Crippen LogP contribution in [0, 0.1) is 0 Å². The minimum absolute atomic E-state index is 0.382. The summed E-state index contributed by atoms with van der Waals surface area (Å²) in [4.78, 5) is 14.9. The van der Waals surface area contributed by atoms with Gasteiger partial charge in [-0.1, -0.05) is 17.7 Å². The van der Waals surface area contributed by atoms with Crippen molar-refractivity contribution in [3.63, 3.8) is 0 Å². The molecule has 20 heavy (non-hydrogen) atoms. The molecule has 0 bridgehead atoms. The maximum atomic E-state index is 6.10. The van der Waals surface area contributed by atoms with E-state index in [4.69, 9.17) is 11.6 Å². The molecule has 0 saturated carbocycles. The van der Waals surface area contributed by atoms with E-state index >= 15 is 0 Å². The summed E-state index contributed by atoms with van der Waals surface area (Å²) in [7, 11) is 0. The fourth-order valence-corrected chi connectivity index (χ4v) is 2.61. The van der Waals surface area contributed by atoms with Crippen LogP contribution in [0.1, 0.15) is 12.0 Å². The number of nitrogens with zero attached hydrogens (tertiary/aromatic N) is 4. The second-order valence-electron chi connectivity index (χ2n) is 4.89. The lowest BCUT2D eigenvalue weighted by Gasteiger charge is -2.17. The van der Waals surface area contributed by atoms with Gasteiger partial charge in [0.15, 0.2) is 0 Å². The van der Waals surface area contributed by atoms with Crippen molar-refractivity contribution in [3.8, 4) is 0 Å². The quantitative estimate of drug-likeness (QED) is 0.875. The van der Waals surface area contributed by atoms with E-state index in [1.165, 1.54) is 0 Å². The predicted octanol–water partition coefficient (Wildman–Crippen LogP) is 2.21. The highest BCUT2D eigenvalue weighted by Gasteiger charge is 2.23. The van der Waals surface area contributed by atoms with Gasteiger partial charge in [0.2, 0.25) is 5.95 Å². The van der Waals surface area contributed by atoms with E-state index in [9.17, 15) is 0 Å². The molecule has 6 heteroatoms. The fourth-order valence-electron chi connectivity index (χ4n) is 2.43. The molecular formula is C14H16ClN5. The summed E-state index contributed by atoms with van der Waals surface area (Å²) in [6.07, 6.45) is 6.29. The lowest BCUT2D eigenvalue weighted by atomic mass is 10.2. The first-order chi connectivity index (χ1) is 9.81. The standard InChI is InChI=1S/C14H16ClN5/c15-13-11(3-1-5-16-13)9-20-8-4-12(10-20)19-14-17-6-2-7-18-14/h1-3,5-7,12H,4,8-10H2,(H,17,18,19). The van der Waals surface area contributed by atoms with Crippen LogP contribution >= 0.6 is 11.6 Å². The Morgan fingerprint density at radius 2 is 2.00 bits per heavy atom. The molecule has 2 aromatic heterocycles. The van der Waals surface area contributed by atoms with Crippen LogP contribution in [0.2, 0.25) is 5.15 Å². The van der Waals surface area contributed by atoms with Gasteiger partial charge in [-0.25, -0.2) is 15.0 Å². The molecular weight excluding hydrogens is 274 g/mol. The van der Waals surface area contributed by atoms with Crippen LogP contribution in [0.4, 0.5) is 5.95 Å². The Bertz CT molecular complexity index is 563. The maximum Gasteiger partial charge on any atom is 0.222 e. The average molecular weight is 290 g/mol. The smallest absolute Gasteiger partial charge is 0.222 e. The Balaban J connectivity index is 1.56. The minimum atomic E-state index is 0.382. The van der Waals surface area contributed by atoms with Crippen LogP contribution in [0.3, 0.4) is 0 Å². The van der Waals surface area contributed by atoms with Crippen molar-refractivity contribution in [1.29, 1.82) is 0 Å². The number of halogens is 1. The number of likely N-dealkylation sites (tertiary alicyclic amines) is 1. The molecule has 3 heterocycles. The zero-order valence-corrected chi connectivity index (χ0v) is 11.8. The molecule has 1 aliphatic heterocycles. The van der Waals surface area contributed by atoms with E-state index in [1.54, 1.807) is 18.6 Å². The number of pyridine rings is 1. The summed E-state index contributed by atoms with van der Waals surface area (Å²) in [6, 6.07) is 6.14. The highest BCUT2D eigenvalue weighted by molar-refractivity contribution is 6.30. The third-order valence-electron chi connectivity index (χ3n) is 3.40. The van der Waals surface area contributed by atoms with E-state index in [2.05, 4.69) is 25.2 Å². The summed E-state index contributed by atoms with van der Waals surface area (Å²) in [5.41, 5.74) is 1.07. The van der Waals surface area contributed by atoms with Crippen molar-refractivity contribution in [1.82, 2.24) is 19.9 Å². The second-order valence-corrected chi connectivity index (χ2v) is 5.25. The molecule has 1 aliphatic rings. The lowest BCUT2D eigenvalue weighted by molar-refractivity contribution is 0.328. The first kappa shape index (κ1) is 13.3. The molecule has 0 amide bonds. The molecule has 0 radical (unpaired) electrons. The van der Waals surface area contributed by atoms with Gasteiger partial charge in [0.05, 0.1) is 0 Å². The highest BCUT2D eigenvalue weighted by atomic mass is 35.5. The van der Waals surface area contributed by atoms with Gasteiger partial charge in [-0.15, -0.1) is 0 Å². The van der Waals surface area contributed by atoms with Crippen LogP contribution in [0.5, 0.6) is 0 Å². The first-order valence-electron chi connectivity index (χ1n) is 6.66. The second kappa shape index (κ2) is 6.15. The van der Waals surface area contributed by atoms with Gasteiger partial charge >= 0.3 is 0 Å². The van der Waals surface area contributed by atoms with Crippen molar-refractivity contribution in [2.45, 2.75) is 19.0 Å². The molecule has 0 spiro atoms. The number of hydrogen-bond acceptors (Lipinski definition) is 5. The van der Waals surface area contributed by atoms with Crippen molar-refractivity contribution in [2.75, 3.05) is 18.4 Å². The molecule has 5 nitrogen and oxygen atoms in total. The van der Waals surface area contributed by atoms with Crippen LogP contribution in [0.25, 0.3) is 0 Å². The predicted molar refractivity (Wildman–Crippen MR) is 78.6 cm³/mol. The average Bonchev–Trinajstić information content (AvgIpc) is 2.90. The van der Waals surface area contributed by atoms with Gasteiger partial charge in [-0.3, -0.25) is 4.90 Å². The van der Waals surface area contributed by atoms with Crippen LogP contribution in [-0.2, 0) is 6.54 Å². The number of aromatic nitrogens is 3. The van der Waals surface area contributed by atoms with Gasteiger partial charge in [0.1, 0.15) is 5.15 Å². The normalized spacial score (nSPS) is 19.1. The fraction of sp³-hybridized carbons (Fsp3) is 0.357. The van der Waals surface area contributed by atoms with Gasteiger partial charge in [0, 0.05) is 49.8 Å². The van der Waals surface area contributed by atoms with Crippen molar-refractivity contribution < 1.29 is 0 Å². The summed E-state index contributed by atoms with van der Waals surface area (Å²) in [6.45, 7) is 2.83. The molecule has 1 atom stereocenters. The Kier molecular flexibility index (Phi) is 4.08. The van der Waals surface area contributed by atoms with E-state index in [0.29, 0.717) is 17.1 Å². The Hall–Kier alpha value is -1.72. The molecule has 1 saturated heterocycles. The van der Waals surface area contributed by atoms with Gasteiger partial charge in [0.25, 0.3) is 0 Å². The molecule has 1 fully saturated rings. The highest BCUT2D eigenvalue weighted by Crippen LogP contribution is 2.19. The molecule has 3 rings (SSSR count). The number of hydrogen-bond donors (Lipinski definition) is 1. The van der Waals surface area contributed by atoms with Gasteiger partial charge in [-0.05, 0) is 18.6 Å². The number of rotatable bonds is 4. The topological polar surface area (TPSA) is 53.9 Å². The summed E-state index contributed by atoms with van der Waals surface area (Å²) in [5.74, 6) is 0.693. The lowest BCUT2D eigenvalue weighted by Crippen LogP contribution is -2.26. The van der Waals surface area contributed by atoms with Crippen LogP contribution < -0.4 is 5.32 Å². The molecule has 1 N–H and O–H groups in total. The van der Waals surface area contributed by atoms with Crippen molar-refractivity contribution in [2.24, 2.45) is 0 Å². The number of nitrogens with one attached hydrogen (secondary N) is 1. The van der Waals surface area contributed by atoms with E-state index < -0.39 is 0 Å². The third kappa shape index (κ3) is 3.23. The van der Waals surface area contributed by atoms with Crippen molar-refractivity contribution in [3.05, 3.63) is 47.5 Å². The summed E-state index contributed by atoms with van der Waals surface area (Å²) >= 11 is 6.10. The van der Waals surface area contributed by atoms with E-state index in [-0.39, 0.29) is 0 Å². The Morgan fingerprint density at radius 1 is 1.20 bits per heavy atom.